The molecule has 1 aromatic rings. The summed E-state index contributed by atoms with van der Waals surface area (Å²) in [6.07, 6.45) is 1.52. The van der Waals surface area contributed by atoms with E-state index in [1.807, 2.05) is 0 Å². The molecule has 1 atom stereocenters. The molecule has 0 fully saturated rings. The van der Waals surface area contributed by atoms with E-state index in [-0.39, 0.29) is 0 Å². The number of hydrogen-bond donors (Lipinski definition) is 1. The molecule has 60 valence electrons. The predicted octanol–water partition coefficient (Wildman–Crippen LogP) is 1.84. The molecule has 0 amide bonds. The first kappa shape index (κ1) is 8.20. The van der Waals surface area contributed by atoms with Crippen LogP contribution in [-0.4, -0.2) is 16.3 Å². The second kappa shape index (κ2) is 3.48. The minimum absolute atomic E-state index is 0.457. The second-order valence-electron chi connectivity index (χ2n) is 2.03. The number of carboxylic acid groups (broad SMARTS) is 1. The Morgan fingerprint density at radius 2 is 2.55 bits per heavy atom. The average molecular weight is 172 g/mol. The Bertz CT molecular complexity index is 230. The summed E-state index contributed by atoms with van der Waals surface area (Å²) < 4.78 is 4.95. The van der Waals surface area contributed by atoms with E-state index in [4.69, 9.17) is 9.52 Å². The van der Waals surface area contributed by atoms with E-state index < -0.39 is 11.2 Å². The maximum absolute atomic E-state index is 10.4. The van der Waals surface area contributed by atoms with Crippen molar-refractivity contribution in [3.05, 3.63) is 18.4 Å². The quantitative estimate of drug-likeness (QED) is 0.707. The molecular formula is C7H8O3S. The first-order chi connectivity index (χ1) is 5.20. The summed E-state index contributed by atoms with van der Waals surface area (Å²) in [5, 5.41) is 8.70. The van der Waals surface area contributed by atoms with E-state index in [2.05, 4.69) is 0 Å². The summed E-state index contributed by atoms with van der Waals surface area (Å²) in [5.74, 6) is -0.827. The summed E-state index contributed by atoms with van der Waals surface area (Å²) in [6, 6.07) is 3.47. The van der Waals surface area contributed by atoms with Gasteiger partial charge in [-0.3, -0.25) is 4.79 Å². The molecule has 11 heavy (non-hydrogen) atoms. The molecule has 0 bridgehead atoms. The van der Waals surface area contributed by atoms with Crippen LogP contribution in [0.25, 0.3) is 0 Å². The van der Waals surface area contributed by atoms with Crippen LogP contribution in [0.2, 0.25) is 0 Å². The van der Waals surface area contributed by atoms with Crippen molar-refractivity contribution in [1.82, 2.24) is 0 Å². The maximum atomic E-state index is 10.4. The lowest BCUT2D eigenvalue weighted by Gasteiger charge is -2.00. The molecule has 0 aliphatic carbocycles. The van der Waals surface area contributed by atoms with Crippen molar-refractivity contribution in [1.29, 1.82) is 0 Å². The highest BCUT2D eigenvalue weighted by atomic mass is 32.2. The third kappa shape index (κ3) is 2.31. The molecular weight excluding hydrogens is 164 g/mol. The largest absolute Gasteiger partial charge is 0.480 e. The molecule has 1 rings (SSSR count). The number of rotatable bonds is 3. The van der Waals surface area contributed by atoms with Crippen molar-refractivity contribution >= 4 is 17.7 Å². The molecule has 0 saturated heterocycles. The van der Waals surface area contributed by atoms with Crippen molar-refractivity contribution in [2.24, 2.45) is 0 Å². The fourth-order valence-corrected chi connectivity index (χ4v) is 1.27. The minimum Gasteiger partial charge on any atom is -0.480 e. The van der Waals surface area contributed by atoms with E-state index in [1.165, 1.54) is 18.0 Å². The zero-order valence-corrected chi connectivity index (χ0v) is 6.80. The molecule has 0 spiro atoms. The van der Waals surface area contributed by atoms with Crippen molar-refractivity contribution in [2.75, 3.05) is 0 Å². The molecule has 1 N–H and O–H groups in total. The van der Waals surface area contributed by atoms with Gasteiger partial charge in [-0.05, 0) is 19.1 Å². The molecule has 0 aliphatic heterocycles. The van der Waals surface area contributed by atoms with Gasteiger partial charge in [0.15, 0.2) is 5.09 Å². The summed E-state index contributed by atoms with van der Waals surface area (Å²) in [6.45, 7) is 1.62. The van der Waals surface area contributed by atoms with Crippen molar-refractivity contribution < 1.29 is 14.3 Å². The number of furan rings is 1. The monoisotopic (exact) mass is 172 g/mol. The number of carbonyl (C=O) groups is 1. The van der Waals surface area contributed by atoms with Crippen molar-refractivity contribution in [2.45, 2.75) is 17.3 Å². The van der Waals surface area contributed by atoms with Gasteiger partial charge in [-0.15, -0.1) is 0 Å². The van der Waals surface area contributed by atoms with E-state index in [0.29, 0.717) is 5.09 Å². The van der Waals surface area contributed by atoms with E-state index in [9.17, 15) is 4.79 Å². The molecule has 0 aromatic carbocycles. The Morgan fingerprint density at radius 1 is 1.82 bits per heavy atom. The van der Waals surface area contributed by atoms with Gasteiger partial charge in [0.1, 0.15) is 5.25 Å². The van der Waals surface area contributed by atoms with Crippen LogP contribution < -0.4 is 0 Å². The fraction of sp³-hybridized carbons (Fsp3) is 0.286. The Hall–Kier alpha value is -0.900. The smallest absolute Gasteiger partial charge is 0.316 e. The highest BCUT2D eigenvalue weighted by Gasteiger charge is 2.13. The first-order valence-electron chi connectivity index (χ1n) is 3.13. The van der Waals surface area contributed by atoms with Gasteiger partial charge in [0, 0.05) is 0 Å². The standard InChI is InChI=1S/C7H8O3S/c1-5(7(8)9)11-6-3-2-4-10-6/h2-5H,1H3,(H,8,9). The van der Waals surface area contributed by atoms with Crippen LogP contribution in [0.3, 0.4) is 0 Å². The van der Waals surface area contributed by atoms with E-state index in [0.717, 1.165) is 0 Å². The lowest BCUT2D eigenvalue weighted by atomic mass is 10.5. The highest BCUT2D eigenvalue weighted by molar-refractivity contribution is 8.00. The van der Waals surface area contributed by atoms with Crippen LogP contribution in [-0.2, 0) is 4.79 Å². The Kier molecular flexibility index (Phi) is 2.59. The fourth-order valence-electron chi connectivity index (χ4n) is 0.555. The van der Waals surface area contributed by atoms with Crippen LogP contribution in [0.1, 0.15) is 6.92 Å². The van der Waals surface area contributed by atoms with Gasteiger partial charge in [0.05, 0.1) is 6.26 Å². The first-order valence-corrected chi connectivity index (χ1v) is 4.01. The molecule has 0 aliphatic rings. The van der Waals surface area contributed by atoms with Gasteiger partial charge in [0.2, 0.25) is 0 Å². The Morgan fingerprint density at radius 3 is 3.00 bits per heavy atom. The Balaban J connectivity index is 2.50. The molecule has 0 radical (unpaired) electrons. The number of hydrogen-bond acceptors (Lipinski definition) is 3. The zero-order chi connectivity index (χ0) is 8.27. The molecule has 1 aromatic heterocycles. The maximum Gasteiger partial charge on any atom is 0.316 e. The summed E-state index contributed by atoms with van der Waals surface area (Å²) in [7, 11) is 0. The summed E-state index contributed by atoms with van der Waals surface area (Å²) in [5.41, 5.74) is 0. The third-order valence-electron chi connectivity index (χ3n) is 1.14. The topological polar surface area (TPSA) is 50.4 Å². The van der Waals surface area contributed by atoms with Gasteiger partial charge < -0.3 is 9.52 Å². The molecule has 1 heterocycles. The van der Waals surface area contributed by atoms with Crippen LogP contribution in [0.5, 0.6) is 0 Å². The third-order valence-corrected chi connectivity index (χ3v) is 2.16. The second-order valence-corrected chi connectivity index (χ2v) is 3.38. The van der Waals surface area contributed by atoms with Gasteiger partial charge >= 0.3 is 5.97 Å². The summed E-state index contributed by atoms with van der Waals surface area (Å²) in [4.78, 5) is 10.4. The van der Waals surface area contributed by atoms with Crippen LogP contribution in [0, 0.1) is 0 Å². The van der Waals surface area contributed by atoms with Crippen molar-refractivity contribution in [3.8, 4) is 0 Å². The molecule has 1 unspecified atom stereocenters. The molecule has 4 heteroatoms. The summed E-state index contributed by atoms with van der Waals surface area (Å²) >= 11 is 1.19. The van der Waals surface area contributed by atoms with Crippen LogP contribution >= 0.6 is 11.8 Å². The lowest BCUT2D eigenvalue weighted by molar-refractivity contribution is -0.136. The zero-order valence-electron chi connectivity index (χ0n) is 5.98. The van der Waals surface area contributed by atoms with E-state index in [1.54, 1.807) is 19.1 Å². The number of thioether (sulfide) groups is 1. The Labute approximate surface area is 68.4 Å². The minimum atomic E-state index is -0.827. The SMILES string of the molecule is CC(Sc1ccco1)C(=O)O. The lowest BCUT2D eigenvalue weighted by Crippen LogP contribution is -2.10. The van der Waals surface area contributed by atoms with Gasteiger partial charge in [-0.25, -0.2) is 0 Å². The van der Waals surface area contributed by atoms with Gasteiger partial charge in [-0.2, -0.15) is 0 Å². The average Bonchev–Trinajstić information content (AvgIpc) is 2.39. The van der Waals surface area contributed by atoms with Gasteiger partial charge in [-0.1, -0.05) is 11.8 Å². The molecule has 3 nitrogen and oxygen atoms in total. The van der Waals surface area contributed by atoms with Gasteiger partial charge in [0.25, 0.3) is 0 Å². The normalized spacial score (nSPS) is 12.8. The number of aliphatic carboxylic acids is 1. The molecule has 0 saturated carbocycles. The predicted molar refractivity (Wildman–Crippen MR) is 41.7 cm³/mol. The highest BCUT2D eigenvalue weighted by Crippen LogP contribution is 2.22. The van der Waals surface area contributed by atoms with E-state index >= 15 is 0 Å². The number of carboxylic acids is 1. The van der Waals surface area contributed by atoms with Crippen LogP contribution in [0.4, 0.5) is 0 Å². The van der Waals surface area contributed by atoms with Crippen LogP contribution in [0.15, 0.2) is 27.9 Å². The van der Waals surface area contributed by atoms with Crippen molar-refractivity contribution in [3.63, 3.8) is 0 Å².